The third-order valence-corrected chi connectivity index (χ3v) is 9.32. The van der Waals surface area contributed by atoms with Gasteiger partial charge < -0.3 is 15.2 Å². The first-order chi connectivity index (χ1) is 16.6. The first-order valence-corrected chi connectivity index (χ1v) is 13.5. The maximum absolute atomic E-state index is 12.0. The molecule has 1 spiro atoms. The Morgan fingerprint density at radius 1 is 1.03 bits per heavy atom. The van der Waals surface area contributed by atoms with Gasteiger partial charge in [-0.3, -0.25) is 0 Å². The zero-order valence-electron chi connectivity index (χ0n) is 20.0. The monoisotopic (exact) mass is 463 g/mol. The van der Waals surface area contributed by atoms with E-state index < -0.39 is 12.1 Å². The Kier molecular flexibility index (Phi) is 5.96. The number of fused-ring (bicyclic) bond motifs is 2. The molecule has 1 aromatic carbocycles. The van der Waals surface area contributed by atoms with Crippen molar-refractivity contribution in [2.24, 2.45) is 17.3 Å². The molecule has 6 nitrogen and oxygen atoms in total. The van der Waals surface area contributed by atoms with Crippen LogP contribution in [-0.2, 0) is 16.0 Å². The van der Waals surface area contributed by atoms with Gasteiger partial charge in [-0.1, -0.05) is 44.6 Å². The molecule has 182 valence electrons. The predicted octanol–water partition coefficient (Wildman–Crippen LogP) is 5.75. The minimum atomic E-state index is -0.782. The van der Waals surface area contributed by atoms with Crippen LogP contribution in [0.2, 0.25) is 0 Å². The molecule has 3 aliphatic carbocycles. The fourth-order valence-corrected chi connectivity index (χ4v) is 7.68. The van der Waals surface area contributed by atoms with Gasteiger partial charge in [-0.25, -0.2) is 14.8 Å². The predicted molar refractivity (Wildman–Crippen MR) is 132 cm³/mol. The fraction of sp³-hybridized carbons (Fsp3) is 0.679. The molecule has 0 bridgehead atoms. The Hall–Kier alpha value is -2.21. The minimum Gasteiger partial charge on any atom is -0.479 e. The van der Waals surface area contributed by atoms with Crippen molar-refractivity contribution < 1.29 is 14.6 Å². The number of anilines is 1. The van der Waals surface area contributed by atoms with Gasteiger partial charge in [0, 0.05) is 17.3 Å². The number of benzene rings is 1. The van der Waals surface area contributed by atoms with E-state index in [0.29, 0.717) is 17.4 Å². The van der Waals surface area contributed by atoms with Gasteiger partial charge in [-0.2, -0.15) is 0 Å². The largest absolute Gasteiger partial charge is 0.479 e. The van der Waals surface area contributed by atoms with Gasteiger partial charge in [0.15, 0.2) is 6.10 Å². The molecule has 4 atom stereocenters. The number of aromatic nitrogens is 2. The van der Waals surface area contributed by atoms with Gasteiger partial charge in [0.2, 0.25) is 0 Å². The molecule has 4 fully saturated rings. The van der Waals surface area contributed by atoms with Crippen LogP contribution in [0.5, 0.6) is 0 Å². The van der Waals surface area contributed by atoms with E-state index in [2.05, 4.69) is 33.5 Å². The number of aliphatic carboxylic acids is 1. The second kappa shape index (κ2) is 9.10. The van der Waals surface area contributed by atoms with E-state index in [4.69, 9.17) is 4.74 Å². The molecule has 0 amide bonds. The van der Waals surface area contributed by atoms with E-state index >= 15 is 0 Å². The van der Waals surface area contributed by atoms with E-state index in [0.717, 1.165) is 36.0 Å². The lowest BCUT2D eigenvalue weighted by molar-refractivity contribution is -0.152. The van der Waals surface area contributed by atoms with Gasteiger partial charge in [0.1, 0.15) is 12.1 Å². The Morgan fingerprint density at radius 2 is 1.79 bits per heavy atom. The maximum atomic E-state index is 12.0. The number of nitrogens with one attached hydrogen (secondary N) is 1. The highest BCUT2D eigenvalue weighted by Crippen LogP contribution is 2.59. The Balaban J connectivity index is 1.21. The van der Waals surface area contributed by atoms with Crippen molar-refractivity contribution in [3.63, 3.8) is 0 Å². The average molecular weight is 464 g/mol. The normalized spacial score (nSPS) is 31.1. The summed E-state index contributed by atoms with van der Waals surface area (Å²) in [4.78, 5) is 21.1. The van der Waals surface area contributed by atoms with Crippen LogP contribution in [0, 0.1) is 17.3 Å². The quantitative estimate of drug-likeness (QED) is 0.588. The third-order valence-electron chi connectivity index (χ3n) is 9.32. The van der Waals surface area contributed by atoms with Crippen LogP contribution in [0.3, 0.4) is 0 Å². The zero-order valence-corrected chi connectivity index (χ0v) is 20.0. The van der Waals surface area contributed by atoms with Crippen LogP contribution in [0.4, 0.5) is 5.82 Å². The van der Waals surface area contributed by atoms with Gasteiger partial charge in [0.05, 0.1) is 11.6 Å². The Bertz CT molecular complexity index is 1040. The Labute approximate surface area is 201 Å². The molecular weight excluding hydrogens is 426 g/mol. The van der Waals surface area contributed by atoms with Crippen LogP contribution in [-0.4, -0.2) is 39.3 Å². The fourth-order valence-electron chi connectivity index (χ4n) is 7.68. The van der Waals surface area contributed by atoms with Crippen molar-refractivity contribution in [3.05, 3.63) is 30.1 Å². The number of rotatable bonds is 5. The number of nitrogens with zero attached hydrogens (tertiary/aromatic N) is 2. The summed E-state index contributed by atoms with van der Waals surface area (Å²) < 4.78 is 6.22. The molecule has 2 N–H and O–H groups in total. The number of carboxylic acid groups (broad SMARTS) is 1. The van der Waals surface area contributed by atoms with Crippen molar-refractivity contribution in [1.29, 1.82) is 0 Å². The van der Waals surface area contributed by atoms with Crippen molar-refractivity contribution >= 4 is 22.7 Å². The lowest BCUT2D eigenvalue weighted by Crippen LogP contribution is -2.30. The van der Waals surface area contributed by atoms with E-state index in [-0.39, 0.29) is 12.0 Å². The lowest BCUT2D eigenvalue weighted by Gasteiger charge is -2.35. The highest BCUT2D eigenvalue weighted by atomic mass is 16.5. The summed E-state index contributed by atoms with van der Waals surface area (Å²) in [5.41, 5.74) is 2.49. The molecule has 4 aliphatic rings. The van der Waals surface area contributed by atoms with Gasteiger partial charge in [-0.05, 0) is 74.0 Å². The van der Waals surface area contributed by atoms with Crippen LogP contribution in [0.25, 0.3) is 10.9 Å². The summed E-state index contributed by atoms with van der Waals surface area (Å²) >= 11 is 0. The molecular formula is C28H37N3O3. The van der Waals surface area contributed by atoms with Crippen LogP contribution >= 0.6 is 0 Å². The SMILES string of the molecule is O=C(O)C1OC(Cc2ccc3c(NC4CCCCC4)ncnc3c2)C2CC3(CCCCC3)CC12. The first kappa shape index (κ1) is 22.3. The summed E-state index contributed by atoms with van der Waals surface area (Å²) in [6.45, 7) is 0. The van der Waals surface area contributed by atoms with E-state index in [1.54, 1.807) is 6.33 Å². The minimum absolute atomic E-state index is 0.0217. The molecule has 3 saturated carbocycles. The number of carbonyl (C=O) groups is 1. The van der Waals surface area contributed by atoms with E-state index in [9.17, 15) is 9.90 Å². The molecule has 2 heterocycles. The number of carboxylic acids is 1. The highest BCUT2D eigenvalue weighted by Gasteiger charge is 2.57. The van der Waals surface area contributed by atoms with Crippen LogP contribution in [0.15, 0.2) is 24.5 Å². The van der Waals surface area contributed by atoms with Crippen molar-refractivity contribution in [3.8, 4) is 0 Å². The maximum Gasteiger partial charge on any atom is 0.333 e. The molecule has 34 heavy (non-hydrogen) atoms. The highest BCUT2D eigenvalue weighted by molar-refractivity contribution is 5.89. The molecule has 1 saturated heterocycles. The summed E-state index contributed by atoms with van der Waals surface area (Å²) in [7, 11) is 0. The molecule has 0 radical (unpaired) electrons. The molecule has 2 aromatic rings. The molecule has 1 aliphatic heterocycles. The molecule has 6 heteroatoms. The summed E-state index contributed by atoms with van der Waals surface area (Å²) in [5.74, 6) is 0.662. The van der Waals surface area contributed by atoms with Gasteiger partial charge in [0.25, 0.3) is 0 Å². The summed E-state index contributed by atoms with van der Waals surface area (Å²) in [6.07, 6.45) is 16.7. The topological polar surface area (TPSA) is 84.3 Å². The molecule has 6 rings (SSSR count). The van der Waals surface area contributed by atoms with Crippen molar-refractivity contribution in [2.75, 3.05) is 5.32 Å². The van der Waals surface area contributed by atoms with Gasteiger partial charge in [-0.15, -0.1) is 0 Å². The van der Waals surface area contributed by atoms with Gasteiger partial charge >= 0.3 is 5.97 Å². The van der Waals surface area contributed by atoms with Crippen molar-refractivity contribution in [1.82, 2.24) is 9.97 Å². The summed E-state index contributed by atoms with van der Waals surface area (Å²) in [5, 5.41) is 14.6. The molecule has 1 aromatic heterocycles. The number of hydrogen-bond acceptors (Lipinski definition) is 5. The van der Waals surface area contributed by atoms with Crippen LogP contribution < -0.4 is 5.32 Å². The second-order valence-corrected chi connectivity index (χ2v) is 11.5. The standard InChI is InChI=1S/C28H37N3O3/c32-27(33)25-22-16-28(11-5-2-6-12-28)15-21(22)24(34-25)14-18-9-10-20-23(13-18)29-17-30-26(20)31-19-7-3-1-4-8-19/h9-10,13,17,19,21-22,24-25H,1-8,11-12,14-16H2,(H,32,33)(H,29,30,31). The molecule has 4 unspecified atom stereocenters. The average Bonchev–Trinajstić information content (AvgIpc) is 3.36. The van der Waals surface area contributed by atoms with Crippen molar-refractivity contribution in [2.45, 2.75) is 102 Å². The second-order valence-electron chi connectivity index (χ2n) is 11.5. The number of hydrogen-bond donors (Lipinski definition) is 2. The van der Waals surface area contributed by atoms with E-state index in [1.165, 1.54) is 69.8 Å². The third kappa shape index (κ3) is 4.19. The lowest BCUT2D eigenvalue weighted by atomic mass is 9.71. The Morgan fingerprint density at radius 3 is 2.59 bits per heavy atom. The smallest absolute Gasteiger partial charge is 0.333 e. The summed E-state index contributed by atoms with van der Waals surface area (Å²) in [6, 6.07) is 6.95. The number of ether oxygens (including phenoxy) is 1. The van der Waals surface area contributed by atoms with E-state index in [1.807, 2.05) is 0 Å². The zero-order chi connectivity index (χ0) is 23.1. The first-order valence-electron chi connectivity index (χ1n) is 13.5. The van der Waals surface area contributed by atoms with Crippen LogP contribution in [0.1, 0.15) is 82.6 Å².